The predicted octanol–water partition coefficient (Wildman–Crippen LogP) is 3.67. The molecule has 3 N–H and O–H groups in total. The van der Waals surface area contributed by atoms with Gasteiger partial charge in [0.15, 0.2) is 12.4 Å². The Morgan fingerprint density at radius 1 is 1.05 bits per heavy atom. The van der Waals surface area contributed by atoms with E-state index in [2.05, 4.69) is 27.7 Å². The van der Waals surface area contributed by atoms with Crippen LogP contribution in [0, 0.1) is 0 Å². The third-order valence-electron chi connectivity index (χ3n) is 7.10. The van der Waals surface area contributed by atoms with Gasteiger partial charge in [-0.15, -0.1) is 0 Å². The van der Waals surface area contributed by atoms with E-state index in [0.29, 0.717) is 63.2 Å². The highest BCUT2D eigenvalue weighted by Gasteiger charge is 2.25. The predicted molar refractivity (Wildman–Crippen MR) is 143 cm³/mol. The zero-order chi connectivity index (χ0) is 25.9. The Kier molecular flexibility index (Phi) is 10.2. The van der Waals surface area contributed by atoms with Gasteiger partial charge in [-0.1, -0.05) is 55.7 Å². The molecule has 8 heteroatoms. The van der Waals surface area contributed by atoms with Crippen molar-refractivity contribution in [2.75, 3.05) is 44.8 Å². The number of nitrogens with one attached hydrogen (secondary N) is 2. The Morgan fingerprint density at radius 3 is 2.68 bits per heavy atom. The molecule has 0 spiro atoms. The second kappa shape index (κ2) is 14.0. The fourth-order valence-electron chi connectivity index (χ4n) is 5.10. The van der Waals surface area contributed by atoms with Gasteiger partial charge in [0.2, 0.25) is 5.91 Å². The SMILES string of the molecule is O=C1COc2c(CCNCCN(C(=O)CCOCCc3ccccc3)C3CCCCC3)ccc(O)c2N1. The molecule has 2 aromatic carbocycles. The van der Waals surface area contributed by atoms with Crippen LogP contribution in [0.4, 0.5) is 5.69 Å². The first-order valence-corrected chi connectivity index (χ1v) is 13.5. The molecule has 1 saturated carbocycles. The molecule has 8 nitrogen and oxygen atoms in total. The van der Waals surface area contributed by atoms with Gasteiger partial charge in [0.05, 0.1) is 19.6 Å². The van der Waals surface area contributed by atoms with Gasteiger partial charge in [-0.2, -0.15) is 0 Å². The average Bonchev–Trinajstić information content (AvgIpc) is 2.92. The van der Waals surface area contributed by atoms with E-state index in [1.807, 2.05) is 24.3 Å². The standard InChI is InChI=1S/C29H39N3O5/c33-25-12-11-23(29-28(25)31-26(34)21-37-29)13-16-30-17-18-32(24-9-5-2-6-10-24)27(35)15-20-36-19-14-22-7-3-1-4-8-22/h1,3-4,7-8,11-12,24,30,33H,2,5-6,9-10,13-21H2,(H,31,34). The number of carbonyl (C=O) groups is 2. The van der Waals surface area contributed by atoms with Crippen LogP contribution in [-0.2, 0) is 27.2 Å². The van der Waals surface area contributed by atoms with Gasteiger partial charge in [0.1, 0.15) is 11.4 Å². The number of benzene rings is 2. The summed E-state index contributed by atoms with van der Waals surface area (Å²) < 4.78 is 11.3. The van der Waals surface area contributed by atoms with E-state index >= 15 is 0 Å². The van der Waals surface area contributed by atoms with Gasteiger partial charge in [-0.05, 0) is 49.4 Å². The smallest absolute Gasteiger partial charge is 0.262 e. The van der Waals surface area contributed by atoms with Gasteiger partial charge in [-0.25, -0.2) is 0 Å². The molecule has 1 aliphatic carbocycles. The molecule has 0 bridgehead atoms. The second-order valence-corrected chi connectivity index (χ2v) is 9.76. The molecule has 0 radical (unpaired) electrons. The van der Waals surface area contributed by atoms with Crippen LogP contribution in [0.2, 0.25) is 0 Å². The molecule has 0 atom stereocenters. The third-order valence-corrected chi connectivity index (χ3v) is 7.10. The highest BCUT2D eigenvalue weighted by Crippen LogP contribution is 2.39. The molecule has 0 aromatic heterocycles. The van der Waals surface area contributed by atoms with Crippen molar-refractivity contribution in [2.45, 2.75) is 57.4 Å². The number of aromatic hydroxyl groups is 1. The van der Waals surface area contributed by atoms with E-state index in [9.17, 15) is 14.7 Å². The van der Waals surface area contributed by atoms with Crippen LogP contribution in [-0.4, -0.2) is 67.3 Å². The molecule has 37 heavy (non-hydrogen) atoms. The van der Waals surface area contributed by atoms with Gasteiger partial charge < -0.3 is 30.1 Å². The number of anilines is 1. The first kappa shape index (κ1) is 26.9. The van der Waals surface area contributed by atoms with Gasteiger partial charge >= 0.3 is 0 Å². The summed E-state index contributed by atoms with van der Waals surface area (Å²) in [7, 11) is 0. The number of phenols is 1. The average molecular weight is 510 g/mol. The summed E-state index contributed by atoms with van der Waals surface area (Å²) in [5.41, 5.74) is 2.51. The number of rotatable bonds is 13. The van der Waals surface area contributed by atoms with E-state index in [-0.39, 0.29) is 24.2 Å². The highest BCUT2D eigenvalue weighted by atomic mass is 16.5. The topological polar surface area (TPSA) is 100 Å². The fourth-order valence-corrected chi connectivity index (χ4v) is 5.10. The Hall–Kier alpha value is -3.10. The molecule has 2 aliphatic rings. The van der Waals surface area contributed by atoms with E-state index in [1.165, 1.54) is 24.8 Å². The first-order valence-electron chi connectivity index (χ1n) is 13.5. The lowest BCUT2D eigenvalue weighted by molar-refractivity contribution is -0.135. The summed E-state index contributed by atoms with van der Waals surface area (Å²) in [6.45, 7) is 3.10. The van der Waals surface area contributed by atoms with Crippen molar-refractivity contribution in [3.05, 3.63) is 53.6 Å². The van der Waals surface area contributed by atoms with Gasteiger partial charge in [0.25, 0.3) is 5.91 Å². The minimum atomic E-state index is -0.271. The molecule has 200 valence electrons. The molecule has 2 amide bonds. The monoisotopic (exact) mass is 509 g/mol. The number of carbonyl (C=O) groups excluding carboxylic acids is 2. The minimum absolute atomic E-state index is 0.00504. The normalized spacial score (nSPS) is 15.5. The van der Waals surface area contributed by atoms with E-state index in [0.717, 1.165) is 24.8 Å². The molecule has 1 heterocycles. The maximum Gasteiger partial charge on any atom is 0.262 e. The summed E-state index contributed by atoms with van der Waals surface area (Å²) in [6.07, 6.45) is 7.70. The van der Waals surface area contributed by atoms with E-state index in [4.69, 9.17) is 9.47 Å². The molecule has 4 rings (SSSR count). The largest absolute Gasteiger partial charge is 0.506 e. The maximum absolute atomic E-state index is 13.1. The fraction of sp³-hybridized carbons (Fsp3) is 0.517. The number of hydrogen-bond donors (Lipinski definition) is 3. The molecule has 0 saturated heterocycles. The summed E-state index contributed by atoms with van der Waals surface area (Å²) in [5, 5.41) is 16.2. The van der Waals surface area contributed by atoms with Crippen LogP contribution < -0.4 is 15.4 Å². The van der Waals surface area contributed by atoms with Crippen molar-refractivity contribution < 1.29 is 24.2 Å². The second-order valence-electron chi connectivity index (χ2n) is 9.76. The molecule has 2 aromatic rings. The van der Waals surface area contributed by atoms with Crippen molar-refractivity contribution in [3.8, 4) is 11.5 Å². The lowest BCUT2D eigenvalue weighted by Crippen LogP contribution is -2.45. The van der Waals surface area contributed by atoms with Crippen molar-refractivity contribution in [2.24, 2.45) is 0 Å². The number of phenolic OH excluding ortho intramolecular Hbond substituents is 1. The van der Waals surface area contributed by atoms with Crippen LogP contribution in [0.1, 0.15) is 49.7 Å². The zero-order valence-corrected chi connectivity index (χ0v) is 21.5. The van der Waals surface area contributed by atoms with Crippen molar-refractivity contribution in [3.63, 3.8) is 0 Å². The molecular weight excluding hydrogens is 470 g/mol. The van der Waals surface area contributed by atoms with E-state index < -0.39 is 0 Å². The lowest BCUT2D eigenvalue weighted by atomic mass is 9.94. The number of ether oxygens (including phenoxy) is 2. The lowest BCUT2D eigenvalue weighted by Gasteiger charge is -2.34. The summed E-state index contributed by atoms with van der Waals surface area (Å²) in [4.78, 5) is 26.8. The van der Waals surface area contributed by atoms with Crippen LogP contribution in [0.5, 0.6) is 11.5 Å². The minimum Gasteiger partial charge on any atom is -0.506 e. The van der Waals surface area contributed by atoms with E-state index in [1.54, 1.807) is 6.07 Å². The number of amides is 2. The Bertz CT molecular complexity index is 1020. The van der Waals surface area contributed by atoms with Crippen molar-refractivity contribution in [1.29, 1.82) is 0 Å². The van der Waals surface area contributed by atoms with Crippen LogP contribution in [0.25, 0.3) is 0 Å². The zero-order valence-electron chi connectivity index (χ0n) is 21.5. The van der Waals surface area contributed by atoms with Crippen LogP contribution in [0.3, 0.4) is 0 Å². The van der Waals surface area contributed by atoms with Crippen molar-refractivity contribution >= 4 is 17.5 Å². The van der Waals surface area contributed by atoms with Crippen molar-refractivity contribution in [1.82, 2.24) is 10.2 Å². The molecular formula is C29H39N3O5. The van der Waals surface area contributed by atoms with Gasteiger partial charge in [-0.3, -0.25) is 9.59 Å². The van der Waals surface area contributed by atoms with Crippen LogP contribution >= 0.6 is 0 Å². The molecule has 1 aliphatic heterocycles. The third kappa shape index (κ3) is 7.94. The maximum atomic E-state index is 13.1. The number of fused-ring (bicyclic) bond motifs is 1. The summed E-state index contributed by atoms with van der Waals surface area (Å²) in [6, 6.07) is 14.0. The van der Waals surface area contributed by atoms with Gasteiger partial charge in [0, 0.05) is 19.1 Å². The first-order chi connectivity index (χ1) is 18.1. The Morgan fingerprint density at radius 2 is 1.86 bits per heavy atom. The summed E-state index contributed by atoms with van der Waals surface area (Å²) in [5.74, 6) is 0.440. The Balaban J connectivity index is 1.21. The number of hydrogen-bond acceptors (Lipinski definition) is 6. The highest BCUT2D eigenvalue weighted by molar-refractivity contribution is 5.97. The Labute approximate surface area is 219 Å². The molecule has 0 unspecified atom stereocenters. The van der Waals surface area contributed by atoms with Crippen LogP contribution in [0.15, 0.2) is 42.5 Å². The summed E-state index contributed by atoms with van der Waals surface area (Å²) >= 11 is 0. The number of nitrogens with zero attached hydrogens (tertiary/aromatic N) is 1. The quantitative estimate of drug-likeness (QED) is 0.282. The molecule has 1 fully saturated rings.